The van der Waals surface area contributed by atoms with E-state index in [9.17, 15) is 4.39 Å². The highest BCUT2D eigenvalue weighted by molar-refractivity contribution is 9.10. The Bertz CT molecular complexity index is 818. The van der Waals surface area contributed by atoms with Crippen LogP contribution in [0.2, 0.25) is 0 Å². The Kier molecular flexibility index (Phi) is 3.08. The molecular formula is C13H6BrFN4O. The van der Waals surface area contributed by atoms with E-state index in [-0.39, 0.29) is 11.7 Å². The summed E-state index contributed by atoms with van der Waals surface area (Å²) in [6.45, 7) is 0. The lowest BCUT2D eigenvalue weighted by Crippen LogP contribution is -1.84. The lowest BCUT2D eigenvalue weighted by Gasteiger charge is -1.96. The largest absolute Gasteiger partial charge is 0.342 e. The first-order valence-electron chi connectivity index (χ1n) is 5.56. The van der Waals surface area contributed by atoms with Crippen molar-refractivity contribution in [1.29, 1.82) is 5.26 Å². The number of aromatic nitrogens is 3. The molecule has 0 saturated carbocycles. The summed E-state index contributed by atoms with van der Waals surface area (Å²) in [6, 6.07) is 9.72. The molecule has 0 aliphatic carbocycles. The molecule has 0 saturated heterocycles. The first-order valence-corrected chi connectivity index (χ1v) is 6.35. The summed E-state index contributed by atoms with van der Waals surface area (Å²) in [4.78, 5) is 7.05. The molecule has 0 spiro atoms. The Labute approximate surface area is 121 Å². The van der Waals surface area contributed by atoms with Crippen molar-refractivity contribution in [2.75, 3.05) is 0 Å². The van der Waals surface area contributed by atoms with E-state index < -0.39 is 0 Å². The number of rotatable bonds is 2. The van der Waals surface area contributed by atoms with E-state index >= 15 is 0 Å². The molecule has 2 heterocycles. The van der Waals surface area contributed by atoms with Crippen LogP contribution < -0.4 is 0 Å². The van der Waals surface area contributed by atoms with Crippen LogP contribution in [0.5, 0.6) is 0 Å². The topological polar surface area (TPSA) is 78.5 Å². The van der Waals surface area contributed by atoms with E-state index in [0.29, 0.717) is 27.2 Å². The van der Waals surface area contributed by atoms with Crippen LogP contribution in [-0.2, 0) is 0 Å². The number of nitrogens with one attached hydrogen (secondary N) is 1. The molecule has 0 radical (unpaired) electrons. The normalized spacial score (nSPS) is 10.4. The number of nitrogens with zero attached hydrogens (tertiary/aromatic N) is 3. The van der Waals surface area contributed by atoms with Crippen molar-refractivity contribution in [1.82, 2.24) is 15.1 Å². The molecule has 0 aliphatic heterocycles. The second-order valence-corrected chi connectivity index (χ2v) is 4.80. The van der Waals surface area contributed by atoms with E-state index in [2.05, 4.69) is 31.1 Å². The molecule has 0 aliphatic rings. The van der Waals surface area contributed by atoms with Gasteiger partial charge < -0.3 is 9.51 Å². The zero-order valence-electron chi connectivity index (χ0n) is 9.89. The number of aromatic amines is 1. The Balaban J connectivity index is 1.97. The van der Waals surface area contributed by atoms with E-state index in [0.717, 1.165) is 0 Å². The summed E-state index contributed by atoms with van der Waals surface area (Å²) < 4.78 is 18.6. The maximum Gasteiger partial charge on any atom is 0.274 e. The van der Waals surface area contributed by atoms with Crippen LogP contribution in [0.25, 0.3) is 23.0 Å². The average Bonchev–Trinajstić information content (AvgIpc) is 3.09. The van der Waals surface area contributed by atoms with Crippen molar-refractivity contribution >= 4 is 15.9 Å². The molecule has 7 heteroatoms. The molecule has 98 valence electrons. The molecule has 1 N–H and O–H groups in total. The van der Waals surface area contributed by atoms with Gasteiger partial charge in [0.25, 0.3) is 5.89 Å². The van der Waals surface area contributed by atoms with Crippen LogP contribution in [0.1, 0.15) is 5.69 Å². The van der Waals surface area contributed by atoms with Gasteiger partial charge in [0, 0.05) is 5.56 Å². The lowest BCUT2D eigenvalue weighted by molar-refractivity contribution is 0.431. The molecule has 0 unspecified atom stereocenters. The highest BCUT2D eigenvalue weighted by Crippen LogP contribution is 2.25. The summed E-state index contributed by atoms with van der Waals surface area (Å²) in [5, 5.41) is 12.6. The maximum atomic E-state index is 13.2. The molecule has 5 nitrogen and oxygen atoms in total. The standard InChI is InChI=1S/C13H6BrFN4O/c14-9-5-7(1-3-10(9)15)12-18-13(20-19-12)11-4-2-8(6-16)17-11/h1-5,17H. The Hall–Kier alpha value is -2.46. The van der Waals surface area contributed by atoms with Gasteiger partial charge in [-0.15, -0.1) is 0 Å². The summed E-state index contributed by atoms with van der Waals surface area (Å²) in [7, 11) is 0. The second-order valence-electron chi connectivity index (χ2n) is 3.95. The minimum Gasteiger partial charge on any atom is -0.342 e. The molecule has 1 aromatic carbocycles. The molecule has 0 fully saturated rings. The molecule has 2 aromatic heterocycles. The van der Waals surface area contributed by atoms with Gasteiger partial charge in [-0.1, -0.05) is 5.16 Å². The Morgan fingerprint density at radius 2 is 2.15 bits per heavy atom. The van der Waals surface area contributed by atoms with Gasteiger partial charge >= 0.3 is 0 Å². The molecular weight excluding hydrogens is 327 g/mol. The number of benzene rings is 1. The highest BCUT2D eigenvalue weighted by Gasteiger charge is 2.13. The first kappa shape index (κ1) is 12.6. The minimum atomic E-state index is -0.361. The van der Waals surface area contributed by atoms with E-state index in [4.69, 9.17) is 9.78 Å². The maximum absolute atomic E-state index is 13.2. The molecule has 3 aromatic rings. The zero-order chi connectivity index (χ0) is 14.1. The van der Waals surface area contributed by atoms with Gasteiger partial charge in [-0.25, -0.2) is 4.39 Å². The fourth-order valence-corrected chi connectivity index (χ4v) is 2.05. The van der Waals surface area contributed by atoms with Crippen LogP contribution in [0, 0.1) is 17.1 Å². The lowest BCUT2D eigenvalue weighted by atomic mass is 10.2. The number of H-pyrrole nitrogens is 1. The molecule has 0 bridgehead atoms. The molecule has 0 atom stereocenters. The fraction of sp³-hybridized carbons (Fsp3) is 0. The summed E-state index contributed by atoms with van der Waals surface area (Å²) >= 11 is 3.10. The molecule has 0 amide bonds. The summed E-state index contributed by atoms with van der Waals surface area (Å²) in [6.07, 6.45) is 0. The van der Waals surface area contributed by atoms with E-state index in [1.54, 1.807) is 24.3 Å². The van der Waals surface area contributed by atoms with Crippen LogP contribution in [0.15, 0.2) is 39.3 Å². The minimum absolute atomic E-state index is 0.266. The van der Waals surface area contributed by atoms with Gasteiger partial charge in [0.15, 0.2) is 0 Å². The first-order chi connectivity index (χ1) is 9.67. The van der Waals surface area contributed by atoms with Gasteiger partial charge in [-0.3, -0.25) is 0 Å². The van der Waals surface area contributed by atoms with Gasteiger partial charge in [-0.05, 0) is 46.3 Å². The predicted molar refractivity (Wildman–Crippen MR) is 71.9 cm³/mol. The summed E-state index contributed by atoms with van der Waals surface area (Å²) in [5.41, 5.74) is 1.59. The number of hydrogen-bond donors (Lipinski definition) is 1. The third kappa shape index (κ3) is 2.21. The van der Waals surface area contributed by atoms with Crippen molar-refractivity contribution < 1.29 is 8.91 Å². The fourth-order valence-electron chi connectivity index (χ4n) is 1.67. The predicted octanol–water partition coefficient (Wildman–Crippen LogP) is 3.50. The van der Waals surface area contributed by atoms with E-state index in [1.807, 2.05) is 6.07 Å². The highest BCUT2D eigenvalue weighted by atomic mass is 79.9. The van der Waals surface area contributed by atoms with Crippen LogP contribution >= 0.6 is 15.9 Å². The van der Waals surface area contributed by atoms with Crippen molar-refractivity contribution in [3.8, 4) is 29.0 Å². The van der Waals surface area contributed by atoms with Gasteiger partial charge in [0.1, 0.15) is 23.3 Å². The Morgan fingerprint density at radius 1 is 1.30 bits per heavy atom. The monoisotopic (exact) mass is 332 g/mol. The molecule has 20 heavy (non-hydrogen) atoms. The van der Waals surface area contributed by atoms with Crippen LogP contribution in [0.3, 0.4) is 0 Å². The smallest absolute Gasteiger partial charge is 0.274 e. The van der Waals surface area contributed by atoms with Gasteiger partial charge in [0.2, 0.25) is 5.82 Å². The SMILES string of the molecule is N#Cc1ccc(-c2nc(-c3ccc(F)c(Br)c3)no2)[nH]1. The Morgan fingerprint density at radius 3 is 2.85 bits per heavy atom. The van der Waals surface area contributed by atoms with E-state index in [1.165, 1.54) is 6.07 Å². The summed E-state index contributed by atoms with van der Waals surface area (Å²) in [5.74, 6) is 0.247. The number of hydrogen-bond acceptors (Lipinski definition) is 4. The zero-order valence-corrected chi connectivity index (χ0v) is 11.5. The number of nitriles is 1. The van der Waals surface area contributed by atoms with Crippen molar-refractivity contribution in [2.45, 2.75) is 0 Å². The van der Waals surface area contributed by atoms with Crippen molar-refractivity contribution in [3.63, 3.8) is 0 Å². The van der Waals surface area contributed by atoms with Gasteiger partial charge in [0.05, 0.1) is 4.47 Å². The van der Waals surface area contributed by atoms with Crippen molar-refractivity contribution in [2.24, 2.45) is 0 Å². The third-order valence-corrected chi connectivity index (χ3v) is 3.25. The van der Waals surface area contributed by atoms with Crippen molar-refractivity contribution in [3.05, 3.63) is 46.3 Å². The van der Waals surface area contributed by atoms with Crippen LogP contribution in [0.4, 0.5) is 4.39 Å². The molecule has 3 rings (SSSR count). The third-order valence-electron chi connectivity index (χ3n) is 2.64. The van der Waals surface area contributed by atoms with Gasteiger partial charge in [-0.2, -0.15) is 10.2 Å². The average molecular weight is 333 g/mol. The van der Waals surface area contributed by atoms with Crippen LogP contribution in [-0.4, -0.2) is 15.1 Å². The second kappa shape index (κ2) is 4.90. The number of halogens is 2. The quantitative estimate of drug-likeness (QED) is 0.778.